The van der Waals surface area contributed by atoms with Gasteiger partial charge < -0.3 is 14.6 Å². The summed E-state index contributed by atoms with van der Waals surface area (Å²) in [7, 11) is 0. The van der Waals surface area contributed by atoms with Crippen LogP contribution in [0.5, 0.6) is 5.75 Å². The van der Waals surface area contributed by atoms with Gasteiger partial charge in [0, 0.05) is 11.8 Å². The number of hydrogen-bond donors (Lipinski definition) is 1. The summed E-state index contributed by atoms with van der Waals surface area (Å²) in [6.07, 6.45) is 0. The summed E-state index contributed by atoms with van der Waals surface area (Å²) in [5, 5.41) is 8.52. The van der Waals surface area contributed by atoms with Crippen molar-refractivity contribution in [3.63, 3.8) is 0 Å². The summed E-state index contributed by atoms with van der Waals surface area (Å²) in [6.45, 7) is 2.53. The van der Waals surface area contributed by atoms with Gasteiger partial charge in [-0.1, -0.05) is 11.2 Å². The van der Waals surface area contributed by atoms with Crippen molar-refractivity contribution >= 4 is 22.9 Å². The van der Waals surface area contributed by atoms with Crippen molar-refractivity contribution in [2.45, 2.75) is 6.92 Å². The lowest BCUT2D eigenvalue weighted by atomic mass is 10.2. The van der Waals surface area contributed by atoms with Crippen LogP contribution in [-0.2, 0) is 0 Å². The van der Waals surface area contributed by atoms with Crippen LogP contribution in [0, 0.1) is 0 Å². The molecule has 0 aliphatic carbocycles. The van der Waals surface area contributed by atoms with E-state index in [1.54, 1.807) is 30.3 Å². The number of benzene rings is 1. The van der Waals surface area contributed by atoms with Crippen molar-refractivity contribution in [3.05, 3.63) is 53.5 Å². The van der Waals surface area contributed by atoms with Gasteiger partial charge >= 0.3 is 0 Å². The molecule has 0 fully saturated rings. The maximum atomic E-state index is 12.1. The first-order valence-electron chi connectivity index (χ1n) is 6.81. The average molecular weight is 314 g/mol. The normalized spacial score (nSPS) is 10.4. The third-order valence-corrected chi connectivity index (χ3v) is 3.81. The number of nitrogens with one attached hydrogen (secondary N) is 1. The fourth-order valence-corrected chi connectivity index (χ4v) is 2.59. The summed E-state index contributed by atoms with van der Waals surface area (Å²) in [4.78, 5) is 13.1. The molecule has 2 aromatic heterocycles. The molecular formula is C16H14N2O3S. The third-order valence-electron chi connectivity index (χ3n) is 2.93. The molecule has 1 N–H and O–H groups in total. The Morgan fingerprint density at radius 1 is 1.32 bits per heavy atom. The van der Waals surface area contributed by atoms with Crippen LogP contribution < -0.4 is 10.1 Å². The SMILES string of the molecule is CCOc1ccc(NC(=O)c2cc(-c3cccs3)on2)cc1. The van der Waals surface area contributed by atoms with Crippen LogP contribution in [0.15, 0.2) is 52.4 Å². The molecule has 1 aromatic carbocycles. The number of rotatable bonds is 5. The second kappa shape index (κ2) is 6.44. The lowest BCUT2D eigenvalue weighted by Gasteiger charge is -2.05. The predicted octanol–water partition coefficient (Wildman–Crippen LogP) is 4.05. The summed E-state index contributed by atoms with van der Waals surface area (Å²) in [5.41, 5.74) is 0.923. The average Bonchev–Trinajstić information content (AvgIpc) is 3.20. The minimum absolute atomic E-state index is 0.247. The molecule has 0 bridgehead atoms. The van der Waals surface area contributed by atoms with Crippen LogP contribution in [0.25, 0.3) is 10.6 Å². The zero-order valence-electron chi connectivity index (χ0n) is 11.9. The van der Waals surface area contributed by atoms with Gasteiger partial charge in [0.15, 0.2) is 11.5 Å². The number of aromatic nitrogens is 1. The van der Waals surface area contributed by atoms with Gasteiger partial charge in [-0.15, -0.1) is 11.3 Å². The fourth-order valence-electron chi connectivity index (χ4n) is 1.91. The highest BCUT2D eigenvalue weighted by Crippen LogP contribution is 2.25. The molecule has 3 rings (SSSR count). The van der Waals surface area contributed by atoms with E-state index in [0.717, 1.165) is 10.6 Å². The number of amides is 1. The molecule has 1 amide bonds. The molecule has 0 saturated carbocycles. The van der Waals surface area contributed by atoms with Crippen LogP contribution in [-0.4, -0.2) is 17.7 Å². The van der Waals surface area contributed by atoms with E-state index in [4.69, 9.17) is 9.26 Å². The van der Waals surface area contributed by atoms with E-state index >= 15 is 0 Å². The summed E-state index contributed by atoms with van der Waals surface area (Å²) in [6, 6.07) is 12.6. The zero-order valence-corrected chi connectivity index (χ0v) is 12.7. The highest BCUT2D eigenvalue weighted by atomic mass is 32.1. The van der Waals surface area contributed by atoms with Crippen molar-refractivity contribution in [2.75, 3.05) is 11.9 Å². The van der Waals surface area contributed by atoms with Gasteiger partial charge in [0.05, 0.1) is 11.5 Å². The molecule has 0 unspecified atom stereocenters. The Bertz CT molecular complexity index is 748. The van der Waals surface area contributed by atoms with E-state index in [2.05, 4.69) is 10.5 Å². The Labute approximate surface area is 131 Å². The largest absolute Gasteiger partial charge is 0.494 e. The molecular weight excluding hydrogens is 300 g/mol. The quantitative estimate of drug-likeness (QED) is 0.771. The van der Waals surface area contributed by atoms with Crippen molar-refractivity contribution in [3.8, 4) is 16.4 Å². The minimum Gasteiger partial charge on any atom is -0.494 e. The van der Waals surface area contributed by atoms with Crippen LogP contribution in [0.1, 0.15) is 17.4 Å². The van der Waals surface area contributed by atoms with Crippen molar-refractivity contribution in [2.24, 2.45) is 0 Å². The predicted molar refractivity (Wildman–Crippen MR) is 85.4 cm³/mol. The molecule has 0 aliphatic rings. The van der Waals surface area contributed by atoms with E-state index in [-0.39, 0.29) is 11.6 Å². The summed E-state index contributed by atoms with van der Waals surface area (Å²) >= 11 is 1.53. The maximum Gasteiger partial charge on any atom is 0.277 e. The van der Waals surface area contributed by atoms with E-state index in [1.165, 1.54) is 11.3 Å². The molecule has 112 valence electrons. The molecule has 0 aliphatic heterocycles. The Kier molecular flexibility index (Phi) is 4.20. The standard InChI is InChI=1S/C16H14N2O3S/c1-2-20-12-7-5-11(6-8-12)17-16(19)13-10-14(21-18-13)15-4-3-9-22-15/h3-10H,2H2,1H3,(H,17,19). The second-order valence-electron chi connectivity index (χ2n) is 4.47. The number of nitrogens with zero attached hydrogens (tertiary/aromatic N) is 1. The van der Waals surface area contributed by atoms with Crippen LogP contribution in [0.2, 0.25) is 0 Å². The highest BCUT2D eigenvalue weighted by Gasteiger charge is 2.14. The van der Waals surface area contributed by atoms with E-state index in [0.29, 0.717) is 18.1 Å². The Morgan fingerprint density at radius 2 is 2.14 bits per heavy atom. The molecule has 0 saturated heterocycles. The van der Waals surface area contributed by atoms with Gasteiger partial charge in [-0.3, -0.25) is 4.79 Å². The van der Waals surface area contributed by atoms with Gasteiger partial charge in [-0.25, -0.2) is 0 Å². The number of hydrogen-bond acceptors (Lipinski definition) is 5. The molecule has 2 heterocycles. The molecule has 22 heavy (non-hydrogen) atoms. The first-order valence-corrected chi connectivity index (χ1v) is 7.69. The Morgan fingerprint density at radius 3 is 2.82 bits per heavy atom. The van der Waals surface area contributed by atoms with Gasteiger partial charge in [-0.05, 0) is 42.6 Å². The number of carbonyl (C=O) groups is 1. The highest BCUT2D eigenvalue weighted by molar-refractivity contribution is 7.13. The van der Waals surface area contributed by atoms with Crippen LogP contribution in [0.3, 0.4) is 0 Å². The first kappa shape index (κ1) is 14.3. The smallest absolute Gasteiger partial charge is 0.277 e. The van der Waals surface area contributed by atoms with E-state index in [1.807, 2.05) is 24.4 Å². The minimum atomic E-state index is -0.310. The van der Waals surface area contributed by atoms with Gasteiger partial charge in [0.25, 0.3) is 5.91 Å². The topological polar surface area (TPSA) is 64.4 Å². The van der Waals surface area contributed by atoms with Gasteiger partial charge in [-0.2, -0.15) is 0 Å². The van der Waals surface area contributed by atoms with E-state index in [9.17, 15) is 4.79 Å². The van der Waals surface area contributed by atoms with Gasteiger partial charge in [0.2, 0.25) is 0 Å². The lowest BCUT2D eigenvalue weighted by molar-refractivity contribution is 0.101. The molecule has 0 spiro atoms. The molecule has 3 aromatic rings. The second-order valence-corrected chi connectivity index (χ2v) is 5.41. The van der Waals surface area contributed by atoms with Crippen molar-refractivity contribution in [1.29, 1.82) is 0 Å². The van der Waals surface area contributed by atoms with Crippen LogP contribution >= 0.6 is 11.3 Å². The molecule has 0 atom stereocenters. The lowest BCUT2D eigenvalue weighted by Crippen LogP contribution is -2.12. The third kappa shape index (κ3) is 3.17. The Balaban J connectivity index is 1.69. The molecule has 5 nitrogen and oxygen atoms in total. The number of carbonyl (C=O) groups excluding carboxylic acids is 1. The molecule has 0 radical (unpaired) electrons. The zero-order chi connectivity index (χ0) is 15.4. The van der Waals surface area contributed by atoms with E-state index < -0.39 is 0 Å². The maximum absolute atomic E-state index is 12.1. The molecule has 6 heteroatoms. The fraction of sp³-hybridized carbons (Fsp3) is 0.125. The van der Waals surface area contributed by atoms with Crippen LogP contribution in [0.4, 0.5) is 5.69 Å². The van der Waals surface area contributed by atoms with Crippen molar-refractivity contribution < 1.29 is 14.1 Å². The summed E-state index contributed by atoms with van der Waals surface area (Å²) in [5.74, 6) is 1.05. The number of ether oxygens (including phenoxy) is 1. The Hall–Kier alpha value is -2.60. The monoisotopic (exact) mass is 314 g/mol. The number of anilines is 1. The van der Waals surface area contributed by atoms with Crippen molar-refractivity contribution in [1.82, 2.24) is 5.16 Å². The number of thiophene rings is 1. The van der Waals surface area contributed by atoms with Gasteiger partial charge in [0.1, 0.15) is 5.75 Å². The summed E-state index contributed by atoms with van der Waals surface area (Å²) < 4.78 is 10.6. The first-order chi connectivity index (χ1) is 10.8.